The first-order chi connectivity index (χ1) is 12.8. The van der Waals surface area contributed by atoms with Gasteiger partial charge in [-0.15, -0.1) is 0 Å². The molecule has 26 heavy (non-hydrogen) atoms. The first-order valence-electron chi connectivity index (χ1n) is 8.70. The quantitative estimate of drug-likeness (QED) is 0.624. The Labute approximate surface area is 156 Å². The first kappa shape index (κ1) is 16.6. The second-order valence-electron chi connectivity index (χ2n) is 6.16. The van der Waals surface area contributed by atoms with Crippen LogP contribution in [0.1, 0.15) is 18.5 Å². The number of rotatable bonds is 3. The third-order valence-corrected chi connectivity index (χ3v) is 6.46. The molecule has 128 valence electrons. The van der Waals surface area contributed by atoms with Gasteiger partial charge >= 0.3 is 0 Å². The summed E-state index contributed by atoms with van der Waals surface area (Å²) in [7, 11) is -0.114. The lowest BCUT2D eigenvalue weighted by Crippen LogP contribution is -2.17. The van der Waals surface area contributed by atoms with E-state index in [1.807, 2.05) is 42.5 Å². The van der Waals surface area contributed by atoms with Crippen LogP contribution in [0.3, 0.4) is 0 Å². The highest BCUT2D eigenvalue weighted by atomic mass is 32.2. The highest BCUT2D eigenvalue weighted by Crippen LogP contribution is 2.42. The topological polar surface area (TPSA) is 39.9 Å². The van der Waals surface area contributed by atoms with E-state index in [1.54, 1.807) is 0 Å². The monoisotopic (exact) mass is 357 g/mol. The lowest BCUT2D eigenvalue weighted by molar-refractivity contribution is 0.951. The van der Waals surface area contributed by atoms with Crippen molar-refractivity contribution in [2.24, 2.45) is 0 Å². The number of anilines is 1. The highest BCUT2D eigenvalue weighted by Gasteiger charge is 2.20. The summed E-state index contributed by atoms with van der Waals surface area (Å²) in [6.07, 6.45) is 1.90. The fourth-order valence-electron chi connectivity index (χ4n) is 3.18. The van der Waals surface area contributed by atoms with Crippen LogP contribution < -0.4 is 4.90 Å². The van der Waals surface area contributed by atoms with Crippen molar-refractivity contribution >= 4 is 32.1 Å². The maximum Gasteiger partial charge on any atom is 0.114 e. The number of nitriles is 1. The molecular formula is C22H19N3S. The minimum atomic E-state index is -0.380. The third kappa shape index (κ3) is 3.04. The molecular weight excluding hydrogens is 338 g/mol. The van der Waals surface area contributed by atoms with Crippen molar-refractivity contribution < 1.29 is 0 Å². The van der Waals surface area contributed by atoms with Crippen molar-refractivity contribution in [3.05, 3.63) is 72.4 Å². The Balaban J connectivity index is 1.72. The van der Waals surface area contributed by atoms with Gasteiger partial charge in [0.15, 0.2) is 0 Å². The second-order valence-corrected chi connectivity index (χ2v) is 7.88. The van der Waals surface area contributed by atoms with Gasteiger partial charge in [0.2, 0.25) is 0 Å². The summed E-state index contributed by atoms with van der Waals surface area (Å²) in [4.78, 5) is 8.35. The van der Waals surface area contributed by atoms with Crippen LogP contribution in [0.4, 0.5) is 5.69 Å². The zero-order valence-electron chi connectivity index (χ0n) is 14.6. The van der Waals surface area contributed by atoms with Gasteiger partial charge in [-0.1, -0.05) is 51.9 Å². The van der Waals surface area contributed by atoms with E-state index in [9.17, 15) is 5.26 Å². The maximum atomic E-state index is 9.65. The number of nitrogens with zero attached hydrogens (tertiary/aromatic N) is 3. The Bertz CT molecular complexity index is 1070. The van der Waals surface area contributed by atoms with Crippen molar-refractivity contribution in [2.75, 3.05) is 17.3 Å². The minimum absolute atomic E-state index is 0.114. The summed E-state index contributed by atoms with van der Waals surface area (Å²) < 4.78 is 0. The Morgan fingerprint density at radius 2 is 1.96 bits per heavy atom. The van der Waals surface area contributed by atoms with Gasteiger partial charge < -0.3 is 4.90 Å². The Morgan fingerprint density at radius 3 is 2.81 bits per heavy atom. The predicted molar refractivity (Wildman–Crippen MR) is 110 cm³/mol. The van der Waals surface area contributed by atoms with E-state index in [0.29, 0.717) is 0 Å². The standard InChI is InChI=1S/C22H19N3S/c1-2-25-16-26(22-10-6-5-9-21(22)25)14-13-18(15-23)20-12-11-17-7-3-4-8-19(17)24-20/h3-13,18H,2,16H2,1H3. The van der Waals surface area contributed by atoms with Gasteiger partial charge in [-0.2, -0.15) is 5.26 Å². The number of benzene rings is 2. The van der Waals surface area contributed by atoms with Gasteiger partial charge in [0.25, 0.3) is 0 Å². The minimum Gasteiger partial charge on any atom is -0.361 e. The summed E-state index contributed by atoms with van der Waals surface area (Å²) >= 11 is 0. The Hall–Kier alpha value is -2.86. The Kier molecular flexibility index (Phi) is 4.58. The highest BCUT2D eigenvalue weighted by molar-refractivity contribution is 8.15. The molecule has 0 saturated heterocycles. The van der Waals surface area contributed by atoms with Crippen molar-refractivity contribution in [2.45, 2.75) is 17.7 Å². The molecule has 1 aliphatic heterocycles. The molecule has 0 amide bonds. The lowest BCUT2D eigenvalue weighted by Gasteiger charge is -2.14. The van der Waals surface area contributed by atoms with Gasteiger partial charge in [-0.25, -0.2) is 0 Å². The van der Waals surface area contributed by atoms with Crippen LogP contribution in [0, 0.1) is 11.3 Å². The number of para-hydroxylation sites is 2. The molecule has 1 aromatic heterocycles. The molecule has 4 heteroatoms. The number of aromatic nitrogens is 1. The van der Waals surface area contributed by atoms with Crippen LogP contribution in [0.25, 0.3) is 10.9 Å². The SMILES string of the molecule is CCN1CS(=C=CC(C#N)c2ccc3ccccc3n2)c2ccccc21. The molecule has 0 spiro atoms. The number of pyridine rings is 1. The molecule has 4 rings (SSSR count). The van der Waals surface area contributed by atoms with E-state index in [4.69, 9.17) is 0 Å². The molecule has 3 nitrogen and oxygen atoms in total. The van der Waals surface area contributed by atoms with Crippen molar-refractivity contribution in [1.29, 1.82) is 5.26 Å². The third-order valence-electron chi connectivity index (χ3n) is 4.59. The summed E-state index contributed by atoms with van der Waals surface area (Å²) in [6, 6.07) is 22.8. The zero-order chi connectivity index (χ0) is 17.9. The Morgan fingerprint density at radius 1 is 1.15 bits per heavy atom. The van der Waals surface area contributed by atoms with Crippen molar-refractivity contribution in [3.63, 3.8) is 0 Å². The number of hydrogen-bond acceptors (Lipinski definition) is 3. The predicted octanol–water partition coefficient (Wildman–Crippen LogP) is 4.92. The molecule has 0 aliphatic carbocycles. The molecule has 0 bridgehead atoms. The largest absolute Gasteiger partial charge is 0.361 e. The van der Waals surface area contributed by atoms with Crippen LogP contribution in [0.5, 0.6) is 0 Å². The number of allylic oxidation sites excluding steroid dienone is 1. The molecule has 2 heterocycles. The normalized spacial score (nSPS) is 16.6. The fraction of sp³-hybridized carbons (Fsp3) is 0.182. The summed E-state index contributed by atoms with van der Waals surface area (Å²) in [5.41, 5.74) is 2.99. The van der Waals surface area contributed by atoms with E-state index in [-0.39, 0.29) is 16.4 Å². The summed E-state index contributed by atoms with van der Waals surface area (Å²) in [6.45, 7) is 3.15. The lowest BCUT2D eigenvalue weighted by atomic mass is 10.1. The van der Waals surface area contributed by atoms with Crippen molar-refractivity contribution in [1.82, 2.24) is 4.98 Å². The summed E-state index contributed by atoms with van der Waals surface area (Å²) in [5.74, 6) is 0.560. The smallest absolute Gasteiger partial charge is 0.114 e. The maximum absolute atomic E-state index is 9.65. The van der Waals surface area contributed by atoms with Gasteiger partial charge in [-0.3, -0.25) is 4.98 Å². The fourth-order valence-corrected chi connectivity index (χ4v) is 5.14. The average Bonchev–Trinajstić information content (AvgIpc) is 3.06. The van der Waals surface area contributed by atoms with Gasteiger partial charge in [0.05, 0.1) is 28.8 Å². The van der Waals surface area contributed by atoms with Crippen LogP contribution >= 0.6 is 10.5 Å². The number of hydrogen-bond donors (Lipinski definition) is 0. The van der Waals surface area contributed by atoms with E-state index in [2.05, 4.69) is 52.2 Å². The van der Waals surface area contributed by atoms with E-state index in [1.165, 1.54) is 10.6 Å². The van der Waals surface area contributed by atoms with Gasteiger partial charge in [0, 0.05) is 16.8 Å². The van der Waals surface area contributed by atoms with E-state index < -0.39 is 0 Å². The van der Waals surface area contributed by atoms with Crippen LogP contribution in [0.15, 0.2) is 71.6 Å². The summed E-state index contributed by atoms with van der Waals surface area (Å²) in [5, 5.41) is 14.2. The van der Waals surface area contributed by atoms with Crippen LogP contribution in [-0.4, -0.2) is 22.4 Å². The molecule has 2 aromatic carbocycles. The van der Waals surface area contributed by atoms with E-state index >= 15 is 0 Å². The van der Waals surface area contributed by atoms with Crippen LogP contribution in [-0.2, 0) is 0 Å². The molecule has 2 unspecified atom stereocenters. The molecule has 2 atom stereocenters. The molecule has 1 aliphatic rings. The second kappa shape index (κ2) is 7.17. The van der Waals surface area contributed by atoms with Crippen molar-refractivity contribution in [3.8, 4) is 6.07 Å². The van der Waals surface area contributed by atoms with Gasteiger partial charge in [-0.05, 0) is 37.3 Å². The molecule has 0 radical (unpaired) electrons. The molecule has 0 fully saturated rings. The molecule has 0 saturated carbocycles. The van der Waals surface area contributed by atoms with Crippen LogP contribution in [0.2, 0.25) is 0 Å². The number of fused-ring (bicyclic) bond motifs is 2. The first-order valence-corrected chi connectivity index (χ1v) is 10.1. The van der Waals surface area contributed by atoms with Gasteiger partial charge in [0.1, 0.15) is 5.92 Å². The zero-order valence-corrected chi connectivity index (χ0v) is 15.4. The molecule has 0 N–H and O–H groups in total. The molecule has 3 aromatic rings. The van der Waals surface area contributed by atoms with E-state index in [0.717, 1.165) is 29.0 Å². The average molecular weight is 357 g/mol.